The predicted octanol–water partition coefficient (Wildman–Crippen LogP) is 3.26. The van der Waals surface area contributed by atoms with Crippen LogP contribution in [0, 0.1) is 0 Å². The molecule has 0 fully saturated rings. The molecule has 5 heteroatoms. The van der Waals surface area contributed by atoms with E-state index in [4.69, 9.17) is 5.11 Å². The molecule has 0 aliphatic carbocycles. The van der Waals surface area contributed by atoms with E-state index in [1.807, 2.05) is 6.07 Å². The number of rotatable bonds is 4. The molecule has 0 saturated carbocycles. The Morgan fingerprint density at radius 3 is 2.07 bits per heavy atom. The Hall–Kier alpha value is -0.680. The molecule has 0 aliphatic heterocycles. The van der Waals surface area contributed by atoms with Crippen molar-refractivity contribution in [1.29, 1.82) is 0 Å². The Labute approximate surface area is 104 Å². The Morgan fingerprint density at radius 1 is 1.07 bits per heavy atom. The summed E-state index contributed by atoms with van der Waals surface area (Å²) < 4.78 is 1.58. The van der Waals surface area contributed by atoms with Crippen molar-refractivity contribution in [2.75, 3.05) is 0 Å². The molecule has 0 atom stereocenters. The fourth-order valence-corrected chi connectivity index (χ4v) is 2.37. The largest absolute Gasteiger partial charge is 0.481 e. The lowest BCUT2D eigenvalue weighted by atomic mass is 10.1. The van der Waals surface area contributed by atoms with Crippen LogP contribution >= 0.6 is 31.9 Å². The summed E-state index contributed by atoms with van der Waals surface area (Å²) in [5.41, 5.74) is 0.512. The first-order chi connectivity index (χ1) is 6.99. The second-order valence-electron chi connectivity index (χ2n) is 2.98. The minimum absolute atomic E-state index is 0.0260. The SMILES string of the molecule is O=C(O)CCC(=O)c1cc(Br)cc(Br)c1. The quantitative estimate of drug-likeness (QED) is 0.859. The maximum atomic E-state index is 11.5. The van der Waals surface area contributed by atoms with Gasteiger partial charge < -0.3 is 5.11 Å². The number of benzene rings is 1. The summed E-state index contributed by atoms with van der Waals surface area (Å²) in [7, 11) is 0. The molecule has 15 heavy (non-hydrogen) atoms. The van der Waals surface area contributed by atoms with E-state index in [2.05, 4.69) is 31.9 Å². The standard InChI is InChI=1S/C10H8Br2O3/c11-7-3-6(4-8(12)5-7)9(13)1-2-10(14)15/h3-5H,1-2H2,(H,14,15). The van der Waals surface area contributed by atoms with Gasteiger partial charge in [-0.2, -0.15) is 0 Å². The molecule has 1 rings (SSSR count). The maximum Gasteiger partial charge on any atom is 0.303 e. The van der Waals surface area contributed by atoms with Crippen LogP contribution in [0.2, 0.25) is 0 Å². The number of ketones is 1. The Morgan fingerprint density at radius 2 is 1.60 bits per heavy atom. The fourth-order valence-electron chi connectivity index (χ4n) is 1.08. The number of halogens is 2. The summed E-state index contributed by atoms with van der Waals surface area (Å²) in [6, 6.07) is 5.16. The van der Waals surface area contributed by atoms with Crippen molar-refractivity contribution in [3.8, 4) is 0 Å². The maximum absolute atomic E-state index is 11.5. The van der Waals surface area contributed by atoms with Crippen LogP contribution in [0.25, 0.3) is 0 Å². The van der Waals surface area contributed by atoms with Gasteiger partial charge in [-0.25, -0.2) is 0 Å². The minimum Gasteiger partial charge on any atom is -0.481 e. The summed E-state index contributed by atoms with van der Waals surface area (Å²) >= 11 is 6.53. The molecule has 3 nitrogen and oxygen atoms in total. The van der Waals surface area contributed by atoms with E-state index in [1.54, 1.807) is 12.1 Å². The van der Waals surface area contributed by atoms with Gasteiger partial charge >= 0.3 is 5.97 Å². The number of carboxylic acid groups (broad SMARTS) is 1. The van der Waals surface area contributed by atoms with Crippen molar-refractivity contribution >= 4 is 43.6 Å². The number of carboxylic acids is 1. The van der Waals surface area contributed by atoms with E-state index in [9.17, 15) is 9.59 Å². The van der Waals surface area contributed by atoms with Crippen LogP contribution in [-0.4, -0.2) is 16.9 Å². The van der Waals surface area contributed by atoms with Gasteiger partial charge in [-0.3, -0.25) is 9.59 Å². The number of carbonyl (C=O) groups excluding carboxylic acids is 1. The van der Waals surface area contributed by atoms with Gasteiger partial charge in [0.25, 0.3) is 0 Å². The molecule has 80 valence electrons. The van der Waals surface area contributed by atoms with Crippen molar-refractivity contribution in [3.05, 3.63) is 32.7 Å². The molecule has 0 spiro atoms. The highest BCUT2D eigenvalue weighted by Crippen LogP contribution is 2.21. The lowest BCUT2D eigenvalue weighted by Gasteiger charge is -2.01. The number of hydrogen-bond acceptors (Lipinski definition) is 2. The van der Waals surface area contributed by atoms with Crippen LogP contribution < -0.4 is 0 Å². The average Bonchev–Trinajstić information content (AvgIpc) is 2.12. The van der Waals surface area contributed by atoms with E-state index in [0.717, 1.165) is 8.95 Å². The molecular formula is C10H8Br2O3. The summed E-state index contributed by atoms with van der Waals surface area (Å²) in [5.74, 6) is -1.13. The number of carbonyl (C=O) groups is 2. The number of Topliss-reactive ketones (excluding diaryl/α,β-unsaturated/α-hetero) is 1. The molecule has 0 bridgehead atoms. The summed E-state index contributed by atoms with van der Waals surface area (Å²) in [4.78, 5) is 21.8. The average molecular weight is 336 g/mol. The summed E-state index contributed by atoms with van der Waals surface area (Å²) in [6.45, 7) is 0. The molecule has 1 aromatic carbocycles. The minimum atomic E-state index is -0.961. The van der Waals surface area contributed by atoms with Gasteiger partial charge in [-0.15, -0.1) is 0 Å². The molecular weight excluding hydrogens is 328 g/mol. The van der Waals surface area contributed by atoms with Crippen molar-refractivity contribution in [1.82, 2.24) is 0 Å². The van der Waals surface area contributed by atoms with Crippen LogP contribution in [0.3, 0.4) is 0 Å². The molecule has 0 amide bonds. The van der Waals surface area contributed by atoms with Crippen molar-refractivity contribution in [3.63, 3.8) is 0 Å². The van der Waals surface area contributed by atoms with Crippen molar-refractivity contribution in [2.24, 2.45) is 0 Å². The Balaban J connectivity index is 2.77. The van der Waals surface area contributed by atoms with Crippen LogP contribution in [-0.2, 0) is 4.79 Å². The second kappa shape index (κ2) is 5.42. The molecule has 0 aromatic heterocycles. The van der Waals surface area contributed by atoms with Gasteiger partial charge in [0.1, 0.15) is 0 Å². The Bertz CT molecular complexity index is 381. The molecule has 0 saturated heterocycles. The Kier molecular flexibility index (Phi) is 4.47. The van der Waals surface area contributed by atoms with Crippen LogP contribution in [0.4, 0.5) is 0 Å². The van der Waals surface area contributed by atoms with Gasteiger partial charge in [0.2, 0.25) is 0 Å². The highest BCUT2D eigenvalue weighted by molar-refractivity contribution is 9.11. The highest BCUT2D eigenvalue weighted by atomic mass is 79.9. The van der Waals surface area contributed by atoms with E-state index in [1.165, 1.54) is 0 Å². The van der Waals surface area contributed by atoms with Gasteiger partial charge in [-0.05, 0) is 18.2 Å². The first-order valence-electron chi connectivity index (χ1n) is 4.20. The molecule has 0 radical (unpaired) electrons. The number of hydrogen-bond donors (Lipinski definition) is 1. The van der Waals surface area contributed by atoms with Gasteiger partial charge in [-0.1, -0.05) is 31.9 Å². The zero-order chi connectivity index (χ0) is 11.4. The fraction of sp³-hybridized carbons (Fsp3) is 0.200. The van der Waals surface area contributed by atoms with Gasteiger partial charge in [0, 0.05) is 20.9 Å². The van der Waals surface area contributed by atoms with E-state index in [0.29, 0.717) is 5.56 Å². The molecule has 0 aliphatic rings. The van der Waals surface area contributed by atoms with Crippen LogP contribution in [0.15, 0.2) is 27.1 Å². The first-order valence-corrected chi connectivity index (χ1v) is 5.78. The van der Waals surface area contributed by atoms with Gasteiger partial charge in [0.05, 0.1) is 6.42 Å². The molecule has 0 heterocycles. The first kappa shape index (κ1) is 12.4. The van der Waals surface area contributed by atoms with Crippen LogP contribution in [0.5, 0.6) is 0 Å². The smallest absolute Gasteiger partial charge is 0.303 e. The van der Waals surface area contributed by atoms with E-state index in [-0.39, 0.29) is 18.6 Å². The zero-order valence-corrected chi connectivity index (χ0v) is 10.8. The third-order valence-electron chi connectivity index (χ3n) is 1.75. The third kappa shape index (κ3) is 4.13. The van der Waals surface area contributed by atoms with Crippen molar-refractivity contribution < 1.29 is 14.7 Å². The third-order valence-corrected chi connectivity index (χ3v) is 2.67. The zero-order valence-electron chi connectivity index (χ0n) is 7.67. The topological polar surface area (TPSA) is 54.4 Å². The van der Waals surface area contributed by atoms with E-state index >= 15 is 0 Å². The van der Waals surface area contributed by atoms with Crippen LogP contribution in [0.1, 0.15) is 23.2 Å². The second-order valence-corrected chi connectivity index (χ2v) is 4.81. The molecule has 0 unspecified atom stereocenters. The predicted molar refractivity (Wildman–Crippen MR) is 63.0 cm³/mol. The summed E-state index contributed by atoms with van der Waals surface area (Å²) in [5, 5.41) is 8.45. The molecule has 1 N–H and O–H groups in total. The molecule has 1 aromatic rings. The van der Waals surface area contributed by atoms with Gasteiger partial charge in [0.15, 0.2) is 5.78 Å². The normalized spacial score (nSPS) is 10.0. The highest BCUT2D eigenvalue weighted by Gasteiger charge is 2.09. The van der Waals surface area contributed by atoms with Crippen molar-refractivity contribution in [2.45, 2.75) is 12.8 Å². The lowest BCUT2D eigenvalue weighted by Crippen LogP contribution is -2.03. The monoisotopic (exact) mass is 334 g/mol. The summed E-state index contributed by atoms with van der Waals surface area (Å²) in [6.07, 6.45) is -0.110. The van der Waals surface area contributed by atoms with E-state index < -0.39 is 5.97 Å². The number of aliphatic carboxylic acids is 1. The lowest BCUT2D eigenvalue weighted by molar-refractivity contribution is -0.136.